The molecular weight excluding hydrogens is 170 g/mol. The molecule has 1 rings (SSSR count). The van der Waals surface area contributed by atoms with E-state index in [0.29, 0.717) is 6.54 Å². The topological polar surface area (TPSA) is 46.6 Å². The summed E-state index contributed by atoms with van der Waals surface area (Å²) in [6.07, 6.45) is 3.92. The van der Waals surface area contributed by atoms with E-state index < -0.39 is 12.1 Å². The number of unbranched alkanes of at least 4 members (excludes halogenated alkanes) is 3. The number of hydrogen-bond acceptors (Lipinski definition) is 3. The minimum atomic E-state index is -0.485. The lowest BCUT2D eigenvalue weighted by Gasteiger charge is -2.10. The molecule has 0 aromatic carbocycles. The lowest BCUT2D eigenvalue weighted by atomic mass is 10.2. The maximum Gasteiger partial charge on any atom is 0.418 e. The highest BCUT2D eigenvalue weighted by Crippen LogP contribution is 2.07. The van der Waals surface area contributed by atoms with Gasteiger partial charge in [-0.2, -0.15) is 0 Å². The van der Waals surface area contributed by atoms with E-state index in [4.69, 9.17) is 0 Å². The number of carbonyl (C=O) groups excluding carboxylic acids is 2. The first-order valence-electron chi connectivity index (χ1n) is 4.73. The number of cyclic esters (lactones) is 2. The van der Waals surface area contributed by atoms with Gasteiger partial charge in [-0.05, 0) is 6.42 Å². The fraction of sp³-hybridized carbons (Fsp3) is 0.778. The molecule has 0 N–H and O–H groups in total. The number of hydrogen-bond donors (Lipinski definition) is 0. The van der Waals surface area contributed by atoms with Crippen LogP contribution in [0, 0.1) is 0 Å². The van der Waals surface area contributed by atoms with E-state index in [1.807, 2.05) is 0 Å². The van der Waals surface area contributed by atoms with Crippen LogP contribution in [0.4, 0.5) is 4.79 Å². The second kappa shape index (κ2) is 4.84. The number of esters is 1. The molecule has 0 atom stereocenters. The van der Waals surface area contributed by atoms with Gasteiger partial charge in [0, 0.05) is 6.54 Å². The first-order valence-corrected chi connectivity index (χ1v) is 4.73. The minimum absolute atomic E-state index is 0.130. The molecule has 1 aliphatic heterocycles. The Bertz CT molecular complexity index is 203. The summed E-state index contributed by atoms with van der Waals surface area (Å²) in [4.78, 5) is 23.1. The van der Waals surface area contributed by atoms with E-state index in [-0.39, 0.29) is 6.54 Å². The van der Waals surface area contributed by atoms with Gasteiger partial charge >= 0.3 is 12.1 Å². The molecule has 0 aromatic heterocycles. The summed E-state index contributed by atoms with van der Waals surface area (Å²) in [6.45, 7) is 2.91. The van der Waals surface area contributed by atoms with Gasteiger partial charge in [-0.15, -0.1) is 0 Å². The molecule has 1 aliphatic rings. The van der Waals surface area contributed by atoms with Gasteiger partial charge in [-0.1, -0.05) is 26.2 Å². The van der Waals surface area contributed by atoms with Crippen LogP contribution in [0.3, 0.4) is 0 Å². The molecule has 0 saturated carbocycles. The van der Waals surface area contributed by atoms with Gasteiger partial charge in [0.25, 0.3) is 0 Å². The molecule has 0 unspecified atom stereocenters. The maximum absolute atomic E-state index is 10.9. The summed E-state index contributed by atoms with van der Waals surface area (Å²) in [7, 11) is 0. The number of ether oxygens (including phenoxy) is 1. The highest BCUT2D eigenvalue weighted by atomic mass is 16.6. The highest BCUT2D eigenvalue weighted by molar-refractivity contribution is 5.92. The van der Waals surface area contributed by atoms with Crippen molar-refractivity contribution in [1.29, 1.82) is 0 Å². The summed E-state index contributed by atoms with van der Waals surface area (Å²) in [5.74, 6) is -0.430. The smallest absolute Gasteiger partial charge is 0.375 e. The number of rotatable bonds is 5. The third kappa shape index (κ3) is 3.05. The van der Waals surface area contributed by atoms with Crippen LogP contribution >= 0.6 is 0 Å². The predicted molar refractivity (Wildman–Crippen MR) is 47.2 cm³/mol. The molecule has 0 bridgehead atoms. The quantitative estimate of drug-likeness (QED) is 0.371. The third-order valence-electron chi connectivity index (χ3n) is 2.06. The van der Waals surface area contributed by atoms with Crippen molar-refractivity contribution < 1.29 is 14.3 Å². The molecule has 4 nitrogen and oxygen atoms in total. The Morgan fingerprint density at radius 3 is 2.62 bits per heavy atom. The number of amides is 1. The van der Waals surface area contributed by atoms with Crippen LogP contribution < -0.4 is 0 Å². The zero-order chi connectivity index (χ0) is 9.68. The van der Waals surface area contributed by atoms with Gasteiger partial charge in [-0.25, -0.2) is 9.59 Å². The fourth-order valence-electron chi connectivity index (χ4n) is 1.31. The summed E-state index contributed by atoms with van der Waals surface area (Å²) >= 11 is 0. The van der Waals surface area contributed by atoms with Crippen molar-refractivity contribution in [3.8, 4) is 0 Å². The van der Waals surface area contributed by atoms with E-state index in [2.05, 4.69) is 11.7 Å². The standard InChI is InChI=1S/C9H15NO3/c1-2-3-4-5-6-10-7-8(11)13-9(10)12/h2-7H2,1H3. The summed E-state index contributed by atoms with van der Waals surface area (Å²) < 4.78 is 4.38. The zero-order valence-corrected chi connectivity index (χ0v) is 7.91. The van der Waals surface area contributed by atoms with Gasteiger partial charge < -0.3 is 4.74 Å². The highest BCUT2D eigenvalue weighted by Gasteiger charge is 2.28. The van der Waals surface area contributed by atoms with Gasteiger partial charge in [0.1, 0.15) is 6.54 Å². The van der Waals surface area contributed by atoms with Crippen molar-refractivity contribution in [2.75, 3.05) is 13.1 Å². The van der Waals surface area contributed by atoms with Crippen molar-refractivity contribution in [3.05, 3.63) is 0 Å². The summed E-state index contributed by atoms with van der Waals surface area (Å²) in [6, 6.07) is 0. The number of nitrogens with zero attached hydrogens (tertiary/aromatic N) is 1. The van der Waals surface area contributed by atoms with Crippen molar-refractivity contribution >= 4 is 12.1 Å². The lowest BCUT2D eigenvalue weighted by molar-refractivity contribution is -0.132. The van der Waals surface area contributed by atoms with E-state index in [0.717, 1.165) is 12.8 Å². The molecule has 1 heterocycles. The van der Waals surface area contributed by atoms with Crippen molar-refractivity contribution in [2.45, 2.75) is 32.6 Å². The van der Waals surface area contributed by atoms with Gasteiger partial charge in [0.15, 0.2) is 0 Å². The van der Waals surface area contributed by atoms with Crippen LogP contribution in [0.15, 0.2) is 0 Å². The molecular formula is C9H15NO3. The van der Waals surface area contributed by atoms with Crippen molar-refractivity contribution in [2.24, 2.45) is 0 Å². The van der Waals surface area contributed by atoms with E-state index in [9.17, 15) is 9.59 Å². The van der Waals surface area contributed by atoms with Crippen LogP contribution in [0.5, 0.6) is 0 Å². The Balaban J connectivity index is 2.14. The molecule has 0 aliphatic carbocycles. The third-order valence-corrected chi connectivity index (χ3v) is 2.06. The normalized spacial score (nSPS) is 16.5. The Kier molecular flexibility index (Phi) is 3.73. The first kappa shape index (κ1) is 10.0. The molecule has 0 radical (unpaired) electrons. The fourth-order valence-corrected chi connectivity index (χ4v) is 1.31. The average molecular weight is 185 g/mol. The van der Waals surface area contributed by atoms with Crippen LogP contribution in [0.2, 0.25) is 0 Å². The van der Waals surface area contributed by atoms with Crippen LogP contribution in [0.1, 0.15) is 32.6 Å². The Labute approximate surface area is 77.8 Å². The van der Waals surface area contributed by atoms with E-state index >= 15 is 0 Å². The predicted octanol–water partition coefficient (Wildman–Crippen LogP) is 1.55. The average Bonchev–Trinajstić information content (AvgIpc) is 2.39. The first-order chi connectivity index (χ1) is 6.24. The van der Waals surface area contributed by atoms with Crippen molar-refractivity contribution in [1.82, 2.24) is 4.90 Å². The molecule has 1 saturated heterocycles. The molecule has 1 amide bonds. The van der Waals surface area contributed by atoms with Gasteiger partial charge in [-0.3, -0.25) is 4.90 Å². The van der Waals surface area contributed by atoms with Crippen molar-refractivity contribution in [3.63, 3.8) is 0 Å². The summed E-state index contributed by atoms with van der Waals surface area (Å²) in [5, 5.41) is 0. The summed E-state index contributed by atoms with van der Waals surface area (Å²) in [5.41, 5.74) is 0. The molecule has 0 aromatic rings. The lowest BCUT2D eigenvalue weighted by Crippen LogP contribution is -2.25. The Hall–Kier alpha value is -1.06. The Morgan fingerprint density at radius 1 is 1.31 bits per heavy atom. The SMILES string of the molecule is CCCCCCN1CC(=O)OC1=O. The molecule has 0 spiro atoms. The van der Waals surface area contributed by atoms with Gasteiger partial charge in [0.2, 0.25) is 0 Å². The Morgan fingerprint density at radius 2 is 2.08 bits per heavy atom. The molecule has 13 heavy (non-hydrogen) atoms. The largest absolute Gasteiger partial charge is 0.418 e. The molecule has 4 heteroatoms. The molecule has 74 valence electrons. The minimum Gasteiger partial charge on any atom is -0.375 e. The van der Waals surface area contributed by atoms with E-state index in [1.165, 1.54) is 17.7 Å². The molecule has 1 fully saturated rings. The zero-order valence-electron chi connectivity index (χ0n) is 7.91. The number of carbonyl (C=O) groups is 2. The van der Waals surface area contributed by atoms with Crippen LogP contribution in [-0.2, 0) is 9.53 Å². The van der Waals surface area contributed by atoms with Crippen LogP contribution in [-0.4, -0.2) is 30.1 Å². The van der Waals surface area contributed by atoms with Gasteiger partial charge in [0.05, 0.1) is 0 Å². The van der Waals surface area contributed by atoms with Crippen LogP contribution in [0.25, 0.3) is 0 Å². The monoisotopic (exact) mass is 185 g/mol. The van der Waals surface area contributed by atoms with E-state index in [1.54, 1.807) is 0 Å². The second-order valence-corrected chi connectivity index (χ2v) is 3.22. The maximum atomic E-state index is 10.9. The second-order valence-electron chi connectivity index (χ2n) is 3.22.